The Morgan fingerprint density at radius 1 is 1.22 bits per heavy atom. The van der Waals surface area contributed by atoms with Crippen LogP contribution in [-0.2, 0) is 16.6 Å². The minimum atomic E-state index is -0.615. The van der Waals surface area contributed by atoms with Gasteiger partial charge in [-0.15, -0.1) is 10.2 Å². The molecule has 2 atom stereocenters. The number of carbonyl (C=O) groups is 2. The zero-order valence-electron chi connectivity index (χ0n) is 17.7. The van der Waals surface area contributed by atoms with Crippen LogP contribution in [0.4, 0.5) is 16.2 Å². The second-order valence-corrected chi connectivity index (χ2v) is 8.66. The third-order valence-electron chi connectivity index (χ3n) is 4.96. The number of urea groups is 1. The van der Waals surface area contributed by atoms with Gasteiger partial charge in [0.1, 0.15) is 6.33 Å². The first-order valence-corrected chi connectivity index (χ1v) is 11.1. The fourth-order valence-electron chi connectivity index (χ4n) is 3.28. The van der Waals surface area contributed by atoms with Crippen molar-refractivity contribution in [2.24, 2.45) is 7.05 Å². The quantitative estimate of drug-likeness (QED) is 0.494. The number of carbonyl (C=O) groups excluding carboxylic acids is 2. The van der Waals surface area contributed by atoms with Crippen molar-refractivity contribution in [3.63, 3.8) is 0 Å². The number of nitrogens with one attached hydrogen (secondary N) is 3. The largest absolute Gasteiger partial charge is 0.362 e. The molecule has 1 saturated heterocycles. The highest BCUT2D eigenvalue weighted by molar-refractivity contribution is 7.99. The maximum atomic E-state index is 12.5. The van der Waals surface area contributed by atoms with Gasteiger partial charge in [0, 0.05) is 30.2 Å². The minimum absolute atomic E-state index is 0.134. The molecule has 0 saturated carbocycles. The molecule has 1 fully saturated rings. The van der Waals surface area contributed by atoms with Crippen molar-refractivity contribution in [3.8, 4) is 0 Å². The van der Waals surface area contributed by atoms with Gasteiger partial charge in [-0.2, -0.15) is 0 Å². The zero-order chi connectivity index (χ0) is 22.5. The standard InChI is InChI=1S/C22H24N6O3S/c1-14(32-22-27-24-13-28(22)2)16-4-3-5-18(12-16)26-21(30)25-17-8-6-15(7-9-17)19-20(29)23-10-11-31-19/h3-9,12-14,19H,10-11H2,1-2H3,(H,23,29)(H2,25,26,30). The summed E-state index contributed by atoms with van der Waals surface area (Å²) in [4.78, 5) is 24.4. The lowest BCUT2D eigenvalue weighted by Crippen LogP contribution is -2.39. The van der Waals surface area contributed by atoms with Gasteiger partial charge in [-0.3, -0.25) is 4.79 Å². The zero-order valence-corrected chi connectivity index (χ0v) is 18.6. The first-order valence-electron chi connectivity index (χ1n) is 10.2. The van der Waals surface area contributed by atoms with Crippen molar-refractivity contribution in [2.45, 2.75) is 23.4 Å². The number of hydrogen-bond donors (Lipinski definition) is 3. The smallest absolute Gasteiger partial charge is 0.323 e. The Labute approximate surface area is 189 Å². The fourth-order valence-corrected chi connectivity index (χ4v) is 4.18. The number of morpholine rings is 1. The van der Waals surface area contributed by atoms with Crippen LogP contribution < -0.4 is 16.0 Å². The predicted octanol–water partition coefficient (Wildman–Crippen LogP) is 3.50. The van der Waals surface area contributed by atoms with E-state index in [1.165, 1.54) is 0 Å². The molecule has 4 rings (SSSR count). The van der Waals surface area contributed by atoms with Crippen LogP contribution in [0.3, 0.4) is 0 Å². The summed E-state index contributed by atoms with van der Waals surface area (Å²) in [6, 6.07) is 14.4. The van der Waals surface area contributed by atoms with Crippen molar-refractivity contribution in [2.75, 3.05) is 23.8 Å². The number of rotatable bonds is 6. The van der Waals surface area contributed by atoms with Crippen LogP contribution in [0.5, 0.6) is 0 Å². The predicted molar refractivity (Wildman–Crippen MR) is 123 cm³/mol. The van der Waals surface area contributed by atoms with Crippen molar-refractivity contribution >= 4 is 35.1 Å². The first kappa shape index (κ1) is 21.8. The van der Waals surface area contributed by atoms with Gasteiger partial charge in [0.2, 0.25) is 0 Å². The Morgan fingerprint density at radius 2 is 2.00 bits per heavy atom. The Kier molecular flexibility index (Phi) is 6.72. The lowest BCUT2D eigenvalue weighted by atomic mass is 10.1. The molecular formula is C22H24N6O3S. The fraction of sp³-hybridized carbons (Fsp3) is 0.273. The lowest BCUT2D eigenvalue weighted by Gasteiger charge is -2.23. The summed E-state index contributed by atoms with van der Waals surface area (Å²) in [6.45, 7) is 3.08. The Morgan fingerprint density at radius 3 is 2.72 bits per heavy atom. The molecule has 1 aliphatic rings. The molecule has 1 aliphatic heterocycles. The highest BCUT2D eigenvalue weighted by Crippen LogP contribution is 2.34. The topological polar surface area (TPSA) is 110 Å². The number of hydrogen-bond acceptors (Lipinski definition) is 6. The van der Waals surface area contributed by atoms with E-state index in [1.807, 2.05) is 35.9 Å². The molecule has 10 heteroatoms. The second kappa shape index (κ2) is 9.84. The number of aromatic nitrogens is 3. The van der Waals surface area contributed by atoms with Crippen molar-refractivity contribution in [1.82, 2.24) is 20.1 Å². The van der Waals surface area contributed by atoms with Crippen LogP contribution in [0.15, 0.2) is 60.0 Å². The molecular weight excluding hydrogens is 428 g/mol. The molecule has 2 aromatic carbocycles. The van der Waals surface area contributed by atoms with Crippen LogP contribution >= 0.6 is 11.8 Å². The Hall–Kier alpha value is -3.37. The highest BCUT2D eigenvalue weighted by Gasteiger charge is 2.24. The third-order valence-corrected chi connectivity index (χ3v) is 6.17. The normalized spacial score (nSPS) is 16.8. The van der Waals surface area contributed by atoms with E-state index >= 15 is 0 Å². The molecule has 3 amide bonds. The maximum absolute atomic E-state index is 12.5. The average molecular weight is 453 g/mol. The summed E-state index contributed by atoms with van der Waals surface area (Å²) in [5.74, 6) is -0.152. The molecule has 2 unspecified atom stereocenters. The molecule has 0 radical (unpaired) electrons. The van der Waals surface area contributed by atoms with Crippen molar-refractivity contribution in [1.29, 1.82) is 0 Å². The molecule has 0 spiro atoms. The summed E-state index contributed by atoms with van der Waals surface area (Å²) < 4.78 is 7.39. The van der Waals surface area contributed by atoms with Crippen LogP contribution in [0.25, 0.3) is 0 Å². The number of nitrogens with zero attached hydrogens (tertiary/aromatic N) is 3. The van der Waals surface area contributed by atoms with E-state index in [4.69, 9.17) is 4.74 Å². The van der Waals surface area contributed by atoms with Gasteiger partial charge in [0.05, 0.1) is 6.61 Å². The van der Waals surface area contributed by atoms with E-state index in [2.05, 4.69) is 33.1 Å². The van der Waals surface area contributed by atoms with E-state index in [1.54, 1.807) is 42.4 Å². The molecule has 166 valence electrons. The van der Waals surface area contributed by atoms with Crippen LogP contribution in [-0.4, -0.2) is 39.9 Å². The van der Waals surface area contributed by atoms with Crippen LogP contribution in [0.1, 0.15) is 29.4 Å². The molecule has 32 heavy (non-hydrogen) atoms. The van der Waals surface area contributed by atoms with E-state index < -0.39 is 6.10 Å². The SMILES string of the molecule is CC(Sc1nncn1C)c1cccc(NC(=O)Nc2ccc(C3OCCNC3=O)cc2)c1. The van der Waals surface area contributed by atoms with Gasteiger partial charge in [-0.25, -0.2) is 4.79 Å². The van der Waals surface area contributed by atoms with Gasteiger partial charge in [0.25, 0.3) is 5.91 Å². The maximum Gasteiger partial charge on any atom is 0.323 e. The van der Waals surface area contributed by atoms with E-state index in [9.17, 15) is 9.59 Å². The van der Waals surface area contributed by atoms with E-state index in [-0.39, 0.29) is 17.2 Å². The van der Waals surface area contributed by atoms with Gasteiger partial charge < -0.3 is 25.3 Å². The van der Waals surface area contributed by atoms with Gasteiger partial charge >= 0.3 is 6.03 Å². The molecule has 1 aromatic heterocycles. The Bertz CT molecular complexity index is 1100. The Balaban J connectivity index is 1.35. The average Bonchev–Trinajstić information content (AvgIpc) is 3.19. The number of ether oxygens (including phenoxy) is 1. The van der Waals surface area contributed by atoms with Crippen molar-refractivity contribution in [3.05, 3.63) is 66.0 Å². The van der Waals surface area contributed by atoms with Gasteiger partial charge in [-0.05, 0) is 42.3 Å². The third kappa shape index (κ3) is 5.27. The summed E-state index contributed by atoms with van der Waals surface area (Å²) >= 11 is 1.60. The molecule has 0 bridgehead atoms. The first-order chi connectivity index (χ1) is 15.5. The summed E-state index contributed by atoms with van der Waals surface area (Å²) in [7, 11) is 1.90. The number of amides is 3. The van der Waals surface area contributed by atoms with Crippen LogP contribution in [0.2, 0.25) is 0 Å². The van der Waals surface area contributed by atoms with Crippen LogP contribution in [0, 0.1) is 0 Å². The van der Waals surface area contributed by atoms with Crippen molar-refractivity contribution < 1.29 is 14.3 Å². The van der Waals surface area contributed by atoms with Gasteiger partial charge in [-0.1, -0.05) is 36.0 Å². The van der Waals surface area contributed by atoms with E-state index in [0.717, 1.165) is 16.3 Å². The summed E-state index contributed by atoms with van der Waals surface area (Å²) in [6.07, 6.45) is 1.05. The number of aryl methyl sites for hydroxylation is 1. The van der Waals surface area contributed by atoms with E-state index in [0.29, 0.717) is 24.5 Å². The van der Waals surface area contributed by atoms with Gasteiger partial charge in [0.15, 0.2) is 11.3 Å². The molecule has 9 nitrogen and oxygen atoms in total. The molecule has 3 aromatic rings. The number of anilines is 2. The number of benzene rings is 2. The monoisotopic (exact) mass is 452 g/mol. The molecule has 2 heterocycles. The minimum Gasteiger partial charge on any atom is -0.362 e. The molecule has 0 aliphatic carbocycles. The lowest BCUT2D eigenvalue weighted by molar-refractivity contribution is -0.138. The highest BCUT2D eigenvalue weighted by atomic mass is 32.2. The number of thioether (sulfide) groups is 1. The second-order valence-electron chi connectivity index (χ2n) is 7.35. The molecule has 3 N–H and O–H groups in total. The summed E-state index contributed by atoms with van der Waals surface area (Å²) in [5, 5.41) is 17.4. The summed E-state index contributed by atoms with van der Waals surface area (Å²) in [5.41, 5.74) is 3.11.